The van der Waals surface area contributed by atoms with Crippen molar-refractivity contribution in [3.63, 3.8) is 0 Å². The number of nitrogens with one attached hydrogen (secondary N) is 1. The van der Waals surface area contributed by atoms with Crippen LogP contribution in [0.3, 0.4) is 0 Å². The first-order valence-electron chi connectivity index (χ1n) is 7.07. The zero-order valence-corrected chi connectivity index (χ0v) is 12.3. The molecule has 0 bridgehead atoms. The molecule has 110 valence electrons. The minimum Gasteiger partial charge on any atom is -0.508 e. The van der Waals surface area contributed by atoms with Gasteiger partial charge in [0, 0.05) is 17.8 Å². The summed E-state index contributed by atoms with van der Waals surface area (Å²) in [6.07, 6.45) is 0. The van der Waals surface area contributed by atoms with Crippen molar-refractivity contribution >= 4 is 5.69 Å². The van der Waals surface area contributed by atoms with Crippen molar-refractivity contribution in [1.29, 1.82) is 0 Å². The van der Waals surface area contributed by atoms with Crippen LogP contribution in [0.15, 0.2) is 30.3 Å². The number of aromatic hydroxyl groups is 1. The van der Waals surface area contributed by atoms with Crippen molar-refractivity contribution in [3.8, 4) is 17.2 Å². The quantitative estimate of drug-likeness (QED) is 0.849. The first-order chi connectivity index (χ1) is 10.1. The third-order valence-electron chi connectivity index (χ3n) is 3.66. The van der Waals surface area contributed by atoms with Gasteiger partial charge in [0.25, 0.3) is 0 Å². The number of ether oxygens (including phenoxy) is 2. The van der Waals surface area contributed by atoms with Crippen LogP contribution in [0.25, 0.3) is 0 Å². The number of benzene rings is 2. The van der Waals surface area contributed by atoms with Crippen molar-refractivity contribution in [2.45, 2.75) is 20.4 Å². The van der Waals surface area contributed by atoms with E-state index >= 15 is 0 Å². The molecule has 21 heavy (non-hydrogen) atoms. The van der Waals surface area contributed by atoms with Crippen molar-refractivity contribution in [3.05, 3.63) is 47.0 Å². The SMILES string of the molecule is Cc1cc(NCc2cccc3c2OCCO3)c(C)cc1O. The zero-order valence-electron chi connectivity index (χ0n) is 12.3. The second-order valence-electron chi connectivity index (χ2n) is 5.25. The summed E-state index contributed by atoms with van der Waals surface area (Å²) in [4.78, 5) is 0. The topological polar surface area (TPSA) is 50.7 Å². The van der Waals surface area contributed by atoms with Gasteiger partial charge in [-0.1, -0.05) is 12.1 Å². The van der Waals surface area contributed by atoms with E-state index in [1.54, 1.807) is 6.07 Å². The lowest BCUT2D eigenvalue weighted by Gasteiger charge is -2.21. The van der Waals surface area contributed by atoms with Gasteiger partial charge in [-0.25, -0.2) is 0 Å². The molecule has 1 heterocycles. The maximum absolute atomic E-state index is 9.70. The van der Waals surface area contributed by atoms with Gasteiger partial charge >= 0.3 is 0 Å². The van der Waals surface area contributed by atoms with Crippen LogP contribution in [0.1, 0.15) is 16.7 Å². The van der Waals surface area contributed by atoms with Crippen molar-refractivity contribution in [2.24, 2.45) is 0 Å². The molecule has 0 radical (unpaired) electrons. The molecule has 2 N–H and O–H groups in total. The molecule has 0 aliphatic carbocycles. The zero-order chi connectivity index (χ0) is 14.8. The van der Waals surface area contributed by atoms with E-state index in [1.165, 1.54) is 0 Å². The number of rotatable bonds is 3. The van der Waals surface area contributed by atoms with Gasteiger partial charge in [0.2, 0.25) is 0 Å². The van der Waals surface area contributed by atoms with E-state index in [2.05, 4.69) is 5.32 Å². The van der Waals surface area contributed by atoms with Gasteiger partial charge in [-0.15, -0.1) is 0 Å². The number of phenols is 1. The second kappa shape index (κ2) is 5.56. The number of phenolic OH excluding ortho intramolecular Hbond substituents is 1. The highest BCUT2D eigenvalue weighted by atomic mass is 16.6. The molecule has 0 spiro atoms. The number of aryl methyl sites for hydroxylation is 2. The third kappa shape index (κ3) is 2.75. The predicted octanol–water partition coefficient (Wildman–Crippen LogP) is 3.39. The molecule has 1 aliphatic heterocycles. The Hall–Kier alpha value is -2.36. The molecule has 4 nitrogen and oxygen atoms in total. The Balaban J connectivity index is 1.81. The van der Waals surface area contributed by atoms with E-state index in [1.807, 2.05) is 38.1 Å². The molecule has 2 aromatic rings. The number of fused-ring (bicyclic) bond motifs is 1. The Labute approximate surface area is 124 Å². The first kappa shape index (κ1) is 13.6. The van der Waals surface area contributed by atoms with E-state index in [0.29, 0.717) is 25.5 Å². The molecule has 0 saturated heterocycles. The van der Waals surface area contributed by atoms with Crippen molar-refractivity contribution < 1.29 is 14.6 Å². The van der Waals surface area contributed by atoms with Crippen molar-refractivity contribution in [1.82, 2.24) is 0 Å². The molecule has 0 atom stereocenters. The Bertz CT molecular complexity index is 667. The summed E-state index contributed by atoms with van der Waals surface area (Å²) in [7, 11) is 0. The van der Waals surface area contributed by atoms with Crippen LogP contribution in [0.2, 0.25) is 0 Å². The minimum absolute atomic E-state index is 0.326. The minimum atomic E-state index is 0.326. The molecule has 0 unspecified atom stereocenters. The molecular formula is C17H19NO3. The van der Waals surface area contributed by atoms with Gasteiger partial charge in [0.15, 0.2) is 11.5 Å². The Kier molecular flexibility index (Phi) is 3.60. The lowest BCUT2D eigenvalue weighted by atomic mass is 10.1. The molecule has 2 aromatic carbocycles. The van der Waals surface area contributed by atoms with Crippen molar-refractivity contribution in [2.75, 3.05) is 18.5 Å². The number of para-hydroxylation sites is 1. The first-order valence-corrected chi connectivity index (χ1v) is 7.07. The molecule has 0 aromatic heterocycles. The van der Waals surface area contributed by atoms with Crippen LogP contribution in [-0.2, 0) is 6.54 Å². The van der Waals surface area contributed by atoms with Gasteiger partial charge in [0.1, 0.15) is 19.0 Å². The van der Waals surface area contributed by atoms with Crippen LogP contribution >= 0.6 is 0 Å². The van der Waals surface area contributed by atoms with E-state index in [-0.39, 0.29) is 0 Å². The standard InChI is InChI=1S/C17H19NO3/c1-11-9-15(19)12(2)8-14(11)18-10-13-4-3-5-16-17(13)21-7-6-20-16/h3-5,8-9,18-19H,6-7,10H2,1-2H3. The highest BCUT2D eigenvalue weighted by Gasteiger charge is 2.15. The van der Waals surface area contributed by atoms with Gasteiger partial charge in [-0.05, 0) is 43.2 Å². The van der Waals surface area contributed by atoms with Crippen LogP contribution in [0.4, 0.5) is 5.69 Å². The summed E-state index contributed by atoms with van der Waals surface area (Å²) >= 11 is 0. The predicted molar refractivity (Wildman–Crippen MR) is 82.3 cm³/mol. The lowest BCUT2D eigenvalue weighted by Crippen LogP contribution is -2.17. The fourth-order valence-electron chi connectivity index (χ4n) is 2.46. The fourth-order valence-corrected chi connectivity index (χ4v) is 2.46. The molecule has 0 saturated carbocycles. The van der Waals surface area contributed by atoms with Crippen LogP contribution in [0, 0.1) is 13.8 Å². The van der Waals surface area contributed by atoms with Gasteiger partial charge < -0.3 is 19.9 Å². The number of hydrogen-bond acceptors (Lipinski definition) is 4. The molecule has 3 rings (SSSR count). The summed E-state index contributed by atoms with van der Waals surface area (Å²) in [5, 5.41) is 13.1. The summed E-state index contributed by atoms with van der Waals surface area (Å²) in [6, 6.07) is 9.66. The van der Waals surface area contributed by atoms with Gasteiger partial charge in [-0.3, -0.25) is 0 Å². The van der Waals surface area contributed by atoms with Gasteiger partial charge in [-0.2, -0.15) is 0 Å². The lowest BCUT2D eigenvalue weighted by molar-refractivity contribution is 0.170. The van der Waals surface area contributed by atoms with Crippen LogP contribution in [0.5, 0.6) is 17.2 Å². The summed E-state index contributed by atoms with van der Waals surface area (Å²) in [5.74, 6) is 1.95. The molecule has 1 aliphatic rings. The number of anilines is 1. The van der Waals surface area contributed by atoms with E-state index in [0.717, 1.165) is 33.9 Å². The summed E-state index contributed by atoms with van der Waals surface area (Å²) in [6.45, 7) is 5.70. The summed E-state index contributed by atoms with van der Waals surface area (Å²) < 4.78 is 11.3. The average Bonchev–Trinajstić information content (AvgIpc) is 2.49. The maximum Gasteiger partial charge on any atom is 0.166 e. The maximum atomic E-state index is 9.70. The van der Waals surface area contributed by atoms with E-state index < -0.39 is 0 Å². The van der Waals surface area contributed by atoms with E-state index in [9.17, 15) is 5.11 Å². The average molecular weight is 285 g/mol. The monoisotopic (exact) mass is 285 g/mol. The number of hydrogen-bond donors (Lipinski definition) is 2. The normalized spacial score (nSPS) is 13.0. The highest BCUT2D eigenvalue weighted by Crippen LogP contribution is 2.34. The second-order valence-corrected chi connectivity index (χ2v) is 5.25. The van der Waals surface area contributed by atoms with Gasteiger partial charge in [0.05, 0.1) is 0 Å². The van der Waals surface area contributed by atoms with E-state index in [4.69, 9.17) is 9.47 Å². The summed E-state index contributed by atoms with van der Waals surface area (Å²) in [5.41, 5.74) is 3.95. The smallest absolute Gasteiger partial charge is 0.166 e. The fraction of sp³-hybridized carbons (Fsp3) is 0.294. The molecule has 0 fully saturated rings. The molecule has 0 amide bonds. The highest BCUT2D eigenvalue weighted by molar-refractivity contribution is 5.58. The third-order valence-corrected chi connectivity index (χ3v) is 3.66. The molecular weight excluding hydrogens is 266 g/mol. The van der Waals surface area contributed by atoms with Crippen LogP contribution < -0.4 is 14.8 Å². The molecule has 4 heteroatoms. The Morgan fingerprint density at radius 3 is 2.76 bits per heavy atom. The Morgan fingerprint density at radius 1 is 1.10 bits per heavy atom. The Morgan fingerprint density at radius 2 is 1.90 bits per heavy atom. The van der Waals surface area contributed by atoms with Crippen LogP contribution in [-0.4, -0.2) is 18.3 Å². The largest absolute Gasteiger partial charge is 0.508 e.